The van der Waals surface area contributed by atoms with Crippen LogP contribution in [0.25, 0.3) is 22.3 Å². The second-order valence-corrected chi connectivity index (χ2v) is 8.10. The molecule has 0 radical (unpaired) electrons. The van der Waals surface area contributed by atoms with E-state index in [1.165, 1.54) is 18.2 Å². The summed E-state index contributed by atoms with van der Waals surface area (Å²) in [4.78, 5) is 23.1. The number of halogens is 1. The maximum absolute atomic E-state index is 13.4. The van der Waals surface area contributed by atoms with Crippen LogP contribution >= 0.6 is 0 Å². The molecule has 1 aliphatic rings. The van der Waals surface area contributed by atoms with Crippen LogP contribution in [0.2, 0.25) is 0 Å². The van der Waals surface area contributed by atoms with E-state index in [-0.39, 0.29) is 16.8 Å². The summed E-state index contributed by atoms with van der Waals surface area (Å²) < 4.78 is 13.4. The Morgan fingerprint density at radius 3 is 2.54 bits per heavy atom. The van der Waals surface area contributed by atoms with Gasteiger partial charge in [-0.05, 0) is 60.7 Å². The summed E-state index contributed by atoms with van der Waals surface area (Å²) >= 11 is 0. The zero-order chi connectivity index (χ0) is 19.9. The maximum Gasteiger partial charge on any atom is 0.335 e. The quantitative estimate of drug-likeness (QED) is 0.711. The average molecular weight is 379 g/mol. The third-order valence-corrected chi connectivity index (χ3v) is 5.21. The van der Waals surface area contributed by atoms with Gasteiger partial charge in [0.15, 0.2) is 5.82 Å². The van der Waals surface area contributed by atoms with E-state index in [2.05, 4.69) is 18.7 Å². The smallest absolute Gasteiger partial charge is 0.335 e. The Labute approximate surface area is 162 Å². The van der Waals surface area contributed by atoms with Crippen LogP contribution in [0.4, 0.5) is 10.2 Å². The van der Waals surface area contributed by atoms with Crippen molar-refractivity contribution in [2.24, 2.45) is 5.41 Å². The van der Waals surface area contributed by atoms with E-state index in [9.17, 15) is 14.3 Å². The third kappa shape index (κ3) is 3.54. The van der Waals surface area contributed by atoms with Gasteiger partial charge in [0, 0.05) is 18.7 Å². The van der Waals surface area contributed by atoms with Gasteiger partial charge in [0.1, 0.15) is 11.5 Å². The molecule has 0 spiro atoms. The fourth-order valence-corrected chi connectivity index (χ4v) is 3.80. The number of hydrogen-bond donors (Lipinski definition) is 1. The number of piperidine rings is 1. The summed E-state index contributed by atoms with van der Waals surface area (Å²) in [7, 11) is 0. The zero-order valence-corrected chi connectivity index (χ0v) is 15.9. The number of benzene rings is 2. The molecule has 144 valence electrons. The molecule has 6 heteroatoms. The van der Waals surface area contributed by atoms with Crippen molar-refractivity contribution in [1.82, 2.24) is 9.97 Å². The van der Waals surface area contributed by atoms with Gasteiger partial charge in [0.05, 0.1) is 16.6 Å². The fourth-order valence-electron chi connectivity index (χ4n) is 3.80. The number of aromatic nitrogens is 2. The van der Waals surface area contributed by atoms with E-state index >= 15 is 0 Å². The number of fused-ring (bicyclic) bond motifs is 1. The first kappa shape index (κ1) is 18.3. The van der Waals surface area contributed by atoms with Crippen LogP contribution in [0, 0.1) is 11.2 Å². The van der Waals surface area contributed by atoms with Gasteiger partial charge in [0.25, 0.3) is 0 Å². The number of carboxylic acids is 1. The molecule has 0 unspecified atom stereocenters. The first-order valence-electron chi connectivity index (χ1n) is 9.38. The maximum atomic E-state index is 13.4. The van der Waals surface area contributed by atoms with E-state index in [1.807, 2.05) is 0 Å². The highest BCUT2D eigenvalue weighted by Gasteiger charge is 2.29. The first-order chi connectivity index (χ1) is 13.3. The molecule has 5 nitrogen and oxygen atoms in total. The summed E-state index contributed by atoms with van der Waals surface area (Å²) in [5.74, 6) is -0.578. The fraction of sp³-hybridized carbons (Fsp3) is 0.318. The highest BCUT2D eigenvalue weighted by atomic mass is 19.1. The van der Waals surface area contributed by atoms with Crippen molar-refractivity contribution < 1.29 is 14.3 Å². The van der Waals surface area contributed by atoms with Crippen molar-refractivity contribution in [2.75, 3.05) is 18.0 Å². The largest absolute Gasteiger partial charge is 0.478 e. The summed E-state index contributed by atoms with van der Waals surface area (Å²) in [6.45, 7) is 6.15. The van der Waals surface area contributed by atoms with Crippen LogP contribution in [-0.4, -0.2) is 34.1 Å². The lowest BCUT2D eigenvalue weighted by Gasteiger charge is -2.39. The van der Waals surface area contributed by atoms with Gasteiger partial charge in [-0.25, -0.2) is 19.2 Å². The monoisotopic (exact) mass is 379 g/mol. The third-order valence-electron chi connectivity index (χ3n) is 5.21. The number of nitrogens with zero attached hydrogens (tertiary/aromatic N) is 3. The van der Waals surface area contributed by atoms with Crippen molar-refractivity contribution in [3.8, 4) is 11.3 Å². The SMILES string of the molecule is CC1(C)CCCN(c2nc3cc(C(=O)O)ccc3nc2-c2ccc(F)cc2)C1. The van der Waals surface area contributed by atoms with E-state index in [0.717, 1.165) is 37.3 Å². The van der Waals surface area contributed by atoms with Gasteiger partial charge >= 0.3 is 5.97 Å². The normalized spacial score (nSPS) is 16.3. The van der Waals surface area contributed by atoms with Crippen LogP contribution in [-0.2, 0) is 0 Å². The predicted octanol–water partition coefficient (Wildman–Crippen LogP) is 4.76. The number of rotatable bonds is 3. The Hall–Kier alpha value is -3.02. The Morgan fingerprint density at radius 2 is 1.86 bits per heavy atom. The molecule has 28 heavy (non-hydrogen) atoms. The van der Waals surface area contributed by atoms with Gasteiger partial charge in [-0.15, -0.1) is 0 Å². The topological polar surface area (TPSA) is 66.3 Å². The lowest BCUT2D eigenvalue weighted by molar-refractivity contribution is 0.0697. The van der Waals surface area contributed by atoms with E-state index in [0.29, 0.717) is 16.7 Å². The minimum absolute atomic E-state index is 0.151. The van der Waals surface area contributed by atoms with Crippen LogP contribution < -0.4 is 4.90 Å². The standard InChI is InChI=1S/C22H22FN3O2/c1-22(2)10-3-11-26(13-22)20-19(14-4-7-16(23)8-5-14)24-17-9-6-15(21(27)28)12-18(17)25-20/h4-9,12H,3,10-11,13H2,1-2H3,(H,27,28). The van der Waals surface area contributed by atoms with Crippen LogP contribution in [0.15, 0.2) is 42.5 Å². The lowest BCUT2D eigenvalue weighted by atomic mass is 9.84. The molecule has 0 amide bonds. The molecule has 2 aromatic carbocycles. The molecule has 2 heterocycles. The second kappa shape index (κ2) is 6.86. The van der Waals surface area contributed by atoms with Crippen LogP contribution in [0.5, 0.6) is 0 Å². The molecule has 1 N–H and O–H groups in total. The average Bonchev–Trinajstić information content (AvgIpc) is 2.66. The Kier molecular flexibility index (Phi) is 4.49. The molecule has 4 rings (SSSR count). The van der Waals surface area contributed by atoms with Crippen LogP contribution in [0.3, 0.4) is 0 Å². The summed E-state index contributed by atoms with van der Waals surface area (Å²) in [6, 6.07) is 11.0. The van der Waals surface area contributed by atoms with Gasteiger partial charge in [0.2, 0.25) is 0 Å². The van der Waals surface area contributed by atoms with Crippen molar-refractivity contribution in [2.45, 2.75) is 26.7 Å². The predicted molar refractivity (Wildman–Crippen MR) is 107 cm³/mol. The summed E-state index contributed by atoms with van der Waals surface area (Å²) in [5.41, 5.74) is 2.97. The molecule has 1 fully saturated rings. The number of carboxylic acid groups (broad SMARTS) is 1. The van der Waals surface area contributed by atoms with E-state index in [1.54, 1.807) is 24.3 Å². The second-order valence-electron chi connectivity index (χ2n) is 8.10. The number of anilines is 1. The molecule has 0 atom stereocenters. The summed E-state index contributed by atoms with van der Waals surface area (Å²) in [5, 5.41) is 9.30. The van der Waals surface area contributed by atoms with Crippen molar-refractivity contribution >= 4 is 22.8 Å². The minimum atomic E-state index is -0.994. The van der Waals surface area contributed by atoms with E-state index in [4.69, 9.17) is 9.97 Å². The Bertz CT molecular complexity index is 1050. The number of hydrogen-bond acceptors (Lipinski definition) is 4. The lowest BCUT2D eigenvalue weighted by Crippen LogP contribution is -2.40. The Morgan fingerprint density at radius 1 is 1.11 bits per heavy atom. The van der Waals surface area contributed by atoms with Gasteiger partial charge < -0.3 is 10.0 Å². The van der Waals surface area contributed by atoms with Gasteiger partial charge in [-0.3, -0.25) is 0 Å². The Balaban J connectivity index is 1.90. The molecule has 0 aliphatic carbocycles. The molecular weight excluding hydrogens is 357 g/mol. The molecule has 0 saturated carbocycles. The molecular formula is C22H22FN3O2. The van der Waals surface area contributed by atoms with Gasteiger partial charge in [-0.1, -0.05) is 13.8 Å². The van der Waals surface area contributed by atoms with Crippen molar-refractivity contribution in [3.63, 3.8) is 0 Å². The molecule has 3 aromatic rings. The molecule has 1 saturated heterocycles. The van der Waals surface area contributed by atoms with Crippen molar-refractivity contribution in [1.29, 1.82) is 0 Å². The minimum Gasteiger partial charge on any atom is -0.478 e. The van der Waals surface area contributed by atoms with Crippen LogP contribution in [0.1, 0.15) is 37.0 Å². The number of carbonyl (C=O) groups is 1. The highest BCUT2D eigenvalue weighted by Crippen LogP contribution is 2.36. The van der Waals surface area contributed by atoms with Gasteiger partial charge in [-0.2, -0.15) is 0 Å². The van der Waals surface area contributed by atoms with Crippen molar-refractivity contribution in [3.05, 3.63) is 53.8 Å². The van der Waals surface area contributed by atoms with E-state index < -0.39 is 5.97 Å². The molecule has 0 bridgehead atoms. The number of aromatic carboxylic acids is 1. The zero-order valence-electron chi connectivity index (χ0n) is 15.9. The molecule has 1 aliphatic heterocycles. The highest BCUT2D eigenvalue weighted by molar-refractivity contribution is 5.93. The molecule has 1 aromatic heterocycles. The first-order valence-corrected chi connectivity index (χ1v) is 9.38. The summed E-state index contributed by atoms with van der Waals surface area (Å²) in [6.07, 6.45) is 2.18.